The second kappa shape index (κ2) is 6.36. The van der Waals surface area contributed by atoms with Gasteiger partial charge in [0, 0.05) is 44.1 Å². The lowest BCUT2D eigenvalue weighted by Gasteiger charge is -2.34. The number of amides is 2. The summed E-state index contributed by atoms with van der Waals surface area (Å²) in [5.41, 5.74) is 1.40. The summed E-state index contributed by atoms with van der Waals surface area (Å²) >= 11 is 0. The fraction of sp³-hybridized carbons (Fsp3) is 0.500. The van der Waals surface area contributed by atoms with E-state index in [1.807, 2.05) is 19.9 Å². The lowest BCUT2D eigenvalue weighted by Crippen LogP contribution is -2.45. The molecule has 1 aliphatic heterocycles. The van der Waals surface area contributed by atoms with E-state index in [1.165, 1.54) is 0 Å². The third-order valence-corrected chi connectivity index (χ3v) is 3.22. The molecule has 0 unspecified atom stereocenters. The smallest absolute Gasteiger partial charge is 0.270 e. The van der Waals surface area contributed by atoms with Gasteiger partial charge in [0.25, 0.3) is 5.91 Å². The molecule has 1 aromatic rings. The summed E-state index contributed by atoms with van der Waals surface area (Å²) in [6, 6.07) is 3.78. The zero-order chi connectivity index (χ0) is 14.5. The quantitative estimate of drug-likeness (QED) is 0.813. The summed E-state index contributed by atoms with van der Waals surface area (Å²) < 4.78 is 0. The number of hydrogen-bond donors (Lipinski definition) is 1. The molecular formula is C14H20N4O2. The second-order valence-electron chi connectivity index (χ2n) is 5.16. The number of piperazine rings is 1. The van der Waals surface area contributed by atoms with Gasteiger partial charge in [-0.25, -0.2) is 0 Å². The van der Waals surface area contributed by atoms with Crippen molar-refractivity contribution in [1.82, 2.24) is 15.2 Å². The van der Waals surface area contributed by atoms with Gasteiger partial charge in [-0.3, -0.25) is 14.6 Å². The molecule has 0 saturated carbocycles. The highest BCUT2D eigenvalue weighted by Gasteiger charge is 2.17. The number of hydrogen-bond acceptors (Lipinski definition) is 4. The average molecular weight is 276 g/mol. The van der Waals surface area contributed by atoms with Crippen LogP contribution in [0.4, 0.5) is 5.69 Å². The van der Waals surface area contributed by atoms with Gasteiger partial charge < -0.3 is 15.1 Å². The van der Waals surface area contributed by atoms with Crippen LogP contribution in [0.2, 0.25) is 0 Å². The molecule has 1 fully saturated rings. The molecule has 1 saturated heterocycles. The molecule has 0 radical (unpaired) electrons. The molecular weight excluding hydrogens is 256 g/mol. The molecule has 1 aromatic heterocycles. The SMILES string of the molecule is CC(C)NC(=O)c1cc(N2CCN(C=O)CC2)ccn1. The minimum Gasteiger partial charge on any atom is -0.368 e. The molecule has 1 N–H and O–H groups in total. The Hall–Kier alpha value is -2.11. The Labute approximate surface area is 118 Å². The van der Waals surface area contributed by atoms with Crippen molar-refractivity contribution >= 4 is 18.0 Å². The lowest BCUT2D eigenvalue weighted by atomic mass is 10.2. The largest absolute Gasteiger partial charge is 0.368 e. The van der Waals surface area contributed by atoms with E-state index < -0.39 is 0 Å². The van der Waals surface area contributed by atoms with Crippen LogP contribution >= 0.6 is 0 Å². The van der Waals surface area contributed by atoms with Crippen molar-refractivity contribution < 1.29 is 9.59 Å². The van der Waals surface area contributed by atoms with E-state index in [9.17, 15) is 9.59 Å². The maximum Gasteiger partial charge on any atom is 0.270 e. The molecule has 2 rings (SSSR count). The molecule has 6 nitrogen and oxygen atoms in total. The standard InChI is InChI=1S/C14H20N4O2/c1-11(2)16-14(20)13-9-12(3-4-15-13)18-7-5-17(10-19)6-8-18/h3-4,9-11H,5-8H2,1-2H3,(H,16,20). The first-order chi connectivity index (χ1) is 9.60. The van der Waals surface area contributed by atoms with Crippen LogP contribution in [0.5, 0.6) is 0 Å². The van der Waals surface area contributed by atoms with E-state index in [2.05, 4.69) is 15.2 Å². The van der Waals surface area contributed by atoms with E-state index in [0.29, 0.717) is 18.8 Å². The summed E-state index contributed by atoms with van der Waals surface area (Å²) in [5, 5.41) is 2.83. The highest BCUT2D eigenvalue weighted by atomic mass is 16.2. The number of carbonyl (C=O) groups is 2. The Morgan fingerprint density at radius 3 is 2.65 bits per heavy atom. The topological polar surface area (TPSA) is 65.5 Å². The van der Waals surface area contributed by atoms with E-state index in [-0.39, 0.29) is 11.9 Å². The summed E-state index contributed by atoms with van der Waals surface area (Å²) in [5.74, 6) is -0.159. The van der Waals surface area contributed by atoms with Crippen LogP contribution in [0.25, 0.3) is 0 Å². The first-order valence-electron chi connectivity index (χ1n) is 6.81. The lowest BCUT2D eigenvalue weighted by molar-refractivity contribution is -0.118. The van der Waals surface area contributed by atoms with Crippen LogP contribution in [0.15, 0.2) is 18.3 Å². The average Bonchev–Trinajstić information content (AvgIpc) is 2.47. The van der Waals surface area contributed by atoms with Gasteiger partial charge >= 0.3 is 0 Å². The number of carbonyl (C=O) groups excluding carboxylic acids is 2. The monoisotopic (exact) mass is 276 g/mol. The number of pyridine rings is 1. The van der Waals surface area contributed by atoms with Gasteiger partial charge in [0.05, 0.1) is 0 Å². The highest BCUT2D eigenvalue weighted by Crippen LogP contribution is 2.16. The van der Waals surface area contributed by atoms with Crippen molar-refractivity contribution in [3.63, 3.8) is 0 Å². The molecule has 6 heteroatoms. The van der Waals surface area contributed by atoms with Crippen molar-refractivity contribution in [3.05, 3.63) is 24.0 Å². The number of anilines is 1. The number of aromatic nitrogens is 1. The first kappa shape index (κ1) is 14.3. The Morgan fingerprint density at radius 2 is 2.05 bits per heavy atom. The minimum absolute atomic E-state index is 0.0871. The molecule has 0 bridgehead atoms. The Kier molecular flexibility index (Phi) is 4.55. The molecule has 2 amide bonds. The van der Waals surface area contributed by atoms with Gasteiger partial charge in [-0.05, 0) is 26.0 Å². The van der Waals surface area contributed by atoms with Gasteiger partial charge in [0.2, 0.25) is 6.41 Å². The molecule has 0 spiro atoms. The van der Waals surface area contributed by atoms with E-state index in [0.717, 1.165) is 25.2 Å². The van der Waals surface area contributed by atoms with Crippen LogP contribution in [0.1, 0.15) is 24.3 Å². The molecule has 20 heavy (non-hydrogen) atoms. The van der Waals surface area contributed by atoms with Crippen LogP contribution < -0.4 is 10.2 Å². The van der Waals surface area contributed by atoms with Gasteiger partial charge in [-0.15, -0.1) is 0 Å². The van der Waals surface area contributed by atoms with Crippen LogP contribution in [-0.4, -0.2) is 54.4 Å². The number of rotatable bonds is 4. The molecule has 0 aliphatic carbocycles. The Balaban J connectivity index is 2.06. The molecule has 1 aliphatic rings. The van der Waals surface area contributed by atoms with Gasteiger partial charge in [0.15, 0.2) is 0 Å². The highest BCUT2D eigenvalue weighted by molar-refractivity contribution is 5.93. The van der Waals surface area contributed by atoms with Crippen LogP contribution in [0.3, 0.4) is 0 Å². The van der Waals surface area contributed by atoms with Crippen molar-refractivity contribution in [1.29, 1.82) is 0 Å². The van der Waals surface area contributed by atoms with Crippen molar-refractivity contribution in [2.45, 2.75) is 19.9 Å². The molecule has 0 atom stereocenters. The minimum atomic E-state index is -0.159. The van der Waals surface area contributed by atoms with Crippen LogP contribution in [-0.2, 0) is 4.79 Å². The predicted octanol–water partition coefficient (Wildman–Crippen LogP) is 0.498. The number of nitrogens with one attached hydrogen (secondary N) is 1. The van der Waals surface area contributed by atoms with E-state index in [4.69, 9.17) is 0 Å². The molecule has 0 aromatic carbocycles. The fourth-order valence-electron chi connectivity index (χ4n) is 2.16. The first-order valence-corrected chi connectivity index (χ1v) is 6.81. The summed E-state index contributed by atoms with van der Waals surface area (Å²) in [7, 11) is 0. The Bertz CT molecular complexity index is 482. The molecule has 2 heterocycles. The fourth-order valence-corrected chi connectivity index (χ4v) is 2.16. The normalized spacial score (nSPS) is 15.3. The second-order valence-corrected chi connectivity index (χ2v) is 5.16. The van der Waals surface area contributed by atoms with E-state index >= 15 is 0 Å². The van der Waals surface area contributed by atoms with Crippen molar-refractivity contribution in [2.24, 2.45) is 0 Å². The summed E-state index contributed by atoms with van der Waals surface area (Å²) in [6.45, 7) is 6.79. The van der Waals surface area contributed by atoms with Crippen molar-refractivity contribution in [2.75, 3.05) is 31.1 Å². The Morgan fingerprint density at radius 1 is 1.35 bits per heavy atom. The van der Waals surface area contributed by atoms with Gasteiger partial charge in [-0.2, -0.15) is 0 Å². The zero-order valence-electron chi connectivity index (χ0n) is 11.9. The van der Waals surface area contributed by atoms with Crippen molar-refractivity contribution in [3.8, 4) is 0 Å². The van der Waals surface area contributed by atoms with Gasteiger partial charge in [-0.1, -0.05) is 0 Å². The third kappa shape index (κ3) is 3.46. The van der Waals surface area contributed by atoms with Gasteiger partial charge in [0.1, 0.15) is 5.69 Å². The maximum atomic E-state index is 11.9. The predicted molar refractivity (Wildman–Crippen MR) is 76.7 cm³/mol. The zero-order valence-corrected chi connectivity index (χ0v) is 11.9. The van der Waals surface area contributed by atoms with Crippen LogP contribution in [0, 0.1) is 0 Å². The summed E-state index contributed by atoms with van der Waals surface area (Å²) in [6.07, 6.45) is 2.53. The molecule has 108 valence electrons. The summed E-state index contributed by atoms with van der Waals surface area (Å²) in [4.78, 5) is 30.7. The van der Waals surface area contributed by atoms with E-state index in [1.54, 1.807) is 17.2 Å². The third-order valence-electron chi connectivity index (χ3n) is 3.22. The maximum absolute atomic E-state index is 11.9. The number of nitrogens with zero attached hydrogens (tertiary/aromatic N) is 3.